The maximum absolute atomic E-state index is 12.2. The van der Waals surface area contributed by atoms with E-state index < -0.39 is 5.97 Å². The summed E-state index contributed by atoms with van der Waals surface area (Å²) in [5, 5.41) is 11.7. The van der Waals surface area contributed by atoms with E-state index >= 15 is 0 Å². The Morgan fingerprint density at radius 1 is 1.33 bits per heavy atom. The highest BCUT2D eigenvalue weighted by Gasteiger charge is 2.34. The summed E-state index contributed by atoms with van der Waals surface area (Å²) in [4.78, 5) is 24.7. The molecule has 6 heteroatoms. The second-order valence-electron chi connectivity index (χ2n) is 7.06. The molecule has 0 radical (unpaired) electrons. The molecule has 0 spiro atoms. The number of aliphatic carboxylic acids is 1. The number of rotatable bonds is 6. The van der Waals surface area contributed by atoms with Crippen molar-refractivity contribution in [1.82, 2.24) is 10.2 Å². The molecule has 2 amide bonds. The molecular formula is C15H28N2O4. The van der Waals surface area contributed by atoms with Crippen LogP contribution < -0.4 is 5.32 Å². The predicted molar refractivity (Wildman–Crippen MR) is 80.3 cm³/mol. The summed E-state index contributed by atoms with van der Waals surface area (Å²) in [6.07, 6.45) is 1.54. The molecule has 0 unspecified atom stereocenters. The van der Waals surface area contributed by atoms with E-state index in [1.54, 1.807) is 4.90 Å². The van der Waals surface area contributed by atoms with Crippen molar-refractivity contribution in [3.8, 4) is 0 Å². The standard InChI is InChI=1S/C15H28N2O4/c1-14(2,6-5-12(18)19)7-8-16-13(20)17-9-10-21-11-15(17,3)4/h5-11H2,1-4H3,(H,16,20)(H,18,19). The molecular weight excluding hydrogens is 272 g/mol. The van der Waals surface area contributed by atoms with Crippen molar-refractivity contribution in [3.63, 3.8) is 0 Å². The summed E-state index contributed by atoms with van der Waals surface area (Å²) in [7, 11) is 0. The number of nitrogens with one attached hydrogen (secondary N) is 1. The topological polar surface area (TPSA) is 78.9 Å². The minimum Gasteiger partial charge on any atom is -0.481 e. The highest BCUT2D eigenvalue weighted by atomic mass is 16.5. The zero-order valence-corrected chi connectivity index (χ0v) is 13.6. The number of carboxylic acids is 1. The summed E-state index contributed by atoms with van der Waals surface area (Å²) in [5.41, 5.74) is -0.382. The molecule has 2 N–H and O–H groups in total. The van der Waals surface area contributed by atoms with Gasteiger partial charge in [-0.2, -0.15) is 0 Å². The Bertz CT molecular complexity index is 380. The summed E-state index contributed by atoms with van der Waals surface area (Å²) in [6, 6.07) is -0.0719. The third-order valence-electron chi connectivity index (χ3n) is 3.98. The summed E-state index contributed by atoms with van der Waals surface area (Å²) >= 11 is 0. The van der Waals surface area contributed by atoms with Gasteiger partial charge in [0.2, 0.25) is 0 Å². The smallest absolute Gasteiger partial charge is 0.318 e. The van der Waals surface area contributed by atoms with Crippen molar-refractivity contribution in [2.75, 3.05) is 26.3 Å². The maximum atomic E-state index is 12.2. The van der Waals surface area contributed by atoms with Gasteiger partial charge in [-0.25, -0.2) is 4.79 Å². The van der Waals surface area contributed by atoms with Gasteiger partial charge >= 0.3 is 12.0 Å². The second kappa shape index (κ2) is 7.11. The highest BCUT2D eigenvalue weighted by molar-refractivity contribution is 5.75. The average Bonchev–Trinajstić information content (AvgIpc) is 2.35. The first-order chi connectivity index (χ1) is 9.64. The van der Waals surface area contributed by atoms with E-state index in [1.165, 1.54) is 0 Å². The Labute approximate surface area is 126 Å². The molecule has 1 aliphatic rings. The van der Waals surface area contributed by atoms with Crippen LogP contribution in [0.3, 0.4) is 0 Å². The molecule has 1 saturated heterocycles. The van der Waals surface area contributed by atoms with Crippen LogP contribution in [0, 0.1) is 5.41 Å². The summed E-state index contributed by atoms with van der Waals surface area (Å²) in [6.45, 7) is 10.3. The van der Waals surface area contributed by atoms with Gasteiger partial charge in [-0.3, -0.25) is 4.79 Å². The number of nitrogens with zero attached hydrogens (tertiary/aromatic N) is 1. The molecule has 1 rings (SSSR count). The average molecular weight is 300 g/mol. The summed E-state index contributed by atoms with van der Waals surface area (Å²) in [5.74, 6) is -0.776. The molecule has 0 saturated carbocycles. The minimum absolute atomic E-state index is 0.0719. The first-order valence-electron chi connectivity index (χ1n) is 7.49. The van der Waals surface area contributed by atoms with E-state index in [-0.39, 0.29) is 23.4 Å². The molecule has 1 fully saturated rings. The molecule has 1 heterocycles. The third-order valence-corrected chi connectivity index (χ3v) is 3.98. The van der Waals surface area contributed by atoms with Crippen molar-refractivity contribution in [2.45, 2.75) is 52.5 Å². The number of carbonyl (C=O) groups excluding carboxylic acids is 1. The molecule has 6 nitrogen and oxygen atoms in total. The first-order valence-corrected chi connectivity index (χ1v) is 7.49. The SMILES string of the molecule is CC(C)(CCNC(=O)N1CCOCC1(C)C)CCC(=O)O. The highest BCUT2D eigenvalue weighted by Crippen LogP contribution is 2.26. The number of morpholine rings is 1. The van der Waals surface area contributed by atoms with Crippen LogP contribution in [0.25, 0.3) is 0 Å². The van der Waals surface area contributed by atoms with Gasteiger partial charge in [-0.1, -0.05) is 13.8 Å². The van der Waals surface area contributed by atoms with Gasteiger partial charge in [-0.15, -0.1) is 0 Å². The Balaban J connectivity index is 2.37. The fourth-order valence-electron chi connectivity index (χ4n) is 2.41. The zero-order valence-electron chi connectivity index (χ0n) is 13.6. The van der Waals surface area contributed by atoms with E-state index in [4.69, 9.17) is 9.84 Å². The number of carbonyl (C=O) groups is 2. The van der Waals surface area contributed by atoms with Crippen molar-refractivity contribution >= 4 is 12.0 Å². The van der Waals surface area contributed by atoms with Crippen LogP contribution in [0.2, 0.25) is 0 Å². The lowest BCUT2D eigenvalue weighted by Crippen LogP contribution is -2.58. The lowest BCUT2D eigenvalue weighted by Gasteiger charge is -2.42. The fraction of sp³-hybridized carbons (Fsp3) is 0.867. The molecule has 0 aliphatic carbocycles. The molecule has 0 bridgehead atoms. The Hall–Kier alpha value is -1.30. The number of hydrogen-bond donors (Lipinski definition) is 2. The second-order valence-corrected chi connectivity index (χ2v) is 7.06. The largest absolute Gasteiger partial charge is 0.481 e. The Kier molecular flexibility index (Phi) is 6.01. The van der Waals surface area contributed by atoms with E-state index in [1.807, 2.05) is 27.7 Å². The lowest BCUT2D eigenvalue weighted by molar-refractivity contribution is -0.137. The molecule has 0 aromatic heterocycles. The van der Waals surface area contributed by atoms with Crippen LogP contribution in [-0.2, 0) is 9.53 Å². The quantitative estimate of drug-likeness (QED) is 0.787. The number of hydrogen-bond acceptors (Lipinski definition) is 3. The third kappa shape index (κ3) is 5.91. The van der Waals surface area contributed by atoms with Crippen molar-refractivity contribution in [3.05, 3.63) is 0 Å². The van der Waals surface area contributed by atoms with E-state index in [9.17, 15) is 9.59 Å². The number of amides is 2. The van der Waals surface area contributed by atoms with Gasteiger partial charge in [0, 0.05) is 19.5 Å². The molecule has 0 aromatic carbocycles. The van der Waals surface area contributed by atoms with Gasteiger partial charge in [0.05, 0.1) is 18.8 Å². The van der Waals surface area contributed by atoms with Crippen LogP contribution in [0.15, 0.2) is 0 Å². The van der Waals surface area contributed by atoms with E-state index in [0.29, 0.717) is 32.7 Å². The minimum atomic E-state index is -0.776. The van der Waals surface area contributed by atoms with Crippen LogP contribution >= 0.6 is 0 Å². The van der Waals surface area contributed by atoms with Gasteiger partial charge in [0.15, 0.2) is 0 Å². The van der Waals surface area contributed by atoms with Crippen molar-refractivity contribution in [2.24, 2.45) is 5.41 Å². The Morgan fingerprint density at radius 3 is 2.57 bits per heavy atom. The molecule has 0 atom stereocenters. The monoisotopic (exact) mass is 300 g/mol. The summed E-state index contributed by atoms with van der Waals surface area (Å²) < 4.78 is 5.40. The fourth-order valence-corrected chi connectivity index (χ4v) is 2.41. The van der Waals surface area contributed by atoms with Gasteiger partial charge in [-0.05, 0) is 32.1 Å². The van der Waals surface area contributed by atoms with Gasteiger partial charge < -0.3 is 20.1 Å². The van der Waals surface area contributed by atoms with Gasteiger partial charge in [0.25, 0.3) is 0 Å². The maximum Gasteiger partial charge on any atom is 0.318 e. The molecule has 1 aliphatic heterocycles. The lowest BCUT2D eigenvalue weighted by atomic mass is 9.84. The first kappa shape index (κ1) is 17.8. The molecule has 122 valence electrons. The molecule has 0 aromatic rings. The number of carboxylic acid groups (broad SMARTS) is 1. The van der Waals surface area contributed by atoms with Crippen LogP contribution in [0.5, 0.6) is 0 Å². The van der Waals surface area contributed by atoms with Crippen LogP contribution in [0.1, 0.15) is 47.0 Å². The van der Waals surface area contributed by atoms with E-state index in [0.717, 1.165) is 6.42 Å². The van der Waals surface area contributed by atoms with E-state index in [2.05, 4.69) is 5.32 Å². The van der Waals surface area contributed by atoms with Crippen molar-refractivity contribution < 1.29 is 19.4 Å². The number of ether oxygens (including phenoxy) is 1. The normalized spacial score (nSPS) is 18.4. The van der Waals surface area contributed by atoms with Crippen molar-refractivity contribution in [1.29, 1.82) is 0 Å². The number of urea groups is 1. The van der Waals surface area contributed by atoms with Crippen LogP contribution in [0.4, 0.5) is 4.79 Å². The zero-order chi connectivity index (χ0) is 16.1. The molecule has 21 heavy (non-hydrogen) atoms. The predicted octanol–water partition coefficient (Wildman–Crippen LogP) is 2.09. The van der Waals surface area contributed by atoms with Gasteiger partial charge in [0.1, 0.15) is 0 Å². The van der Waals surface area contributed by atoms with Crippen LogP contribution in [-0.4, -0.2) is 53.8 Å². The Morgan fingerprint density at radius 2 is 2.00 bits per heavy atom.